The predicted molar refractivity (Wildman–Crippen MR) is 40.2 cm³/mol. The Morgan fingerprint density at radius 2 is 1.58 bits per heavy atom. The summed E-state index contributed by atoms with van der Waals surface area (Å²) >= 11 is 0. The van der Waals surface area contributed by atoms with Gasteiger partial charge in [0.2, 0.25) is 0 Å². The van der Waals surface area contributed by atoms with Gasteiger partial charge in [-0.15, -0.1) is 0 Å². The Kier molecular flexibility index (Phi) is 5.89. The van der Waals surface area contributed by atoms with Crippen molar-refractivity contribution in [3.05, 3.63) is 12.8 Å². The monoisotopic (exact) mass is 196 g/mol. The van der Waals surface area contributed by atoms with Crippen LogP contribution in [0.4, 0.5) is 0 Å². The quantitative estimate of drug-likeness (QED) is 0.254. The number of hydrogen-bond acceptors (Lipinski definition) is 6. The first-order valence-corrected chi connectivity index (χ1v) is 4.65. The lowest BCUT2D eigenvalue weighted by Crippen LogP contribution is -2.46. The van der Waals surface area contributed by atoms with Crippen molar-refractivity contribution in [2.75, 3.05) is 21.3 Å². The molecule has 0 aromatic carbocycles. The van der Waals surface area contributed by atoms with Crippen LogP contribution >= 0.6 is 0 Å². The van der Waals surface area contributed by atoms with Crippen molar-refractivity contribution in [2.24, 2.45) is 0 Å². The van der Waals surface area contributed by atoms with Crippen LogP contribution in [0.25, 0.3) is 0 Å². The van der Waals surface area contributed by atoms with E-state index in [1.54, 1.807) is 0 Å². The van der Waals surface area contributed by atoms with E-state index in [1.165, 1.54) is 21.3 Å². The summed E-state index contributed by atoms with van der Waals surface area (Å²) in [4.78, 5) is 8.72. The van der Waals surface area contributed by atoms with Gasteiger partial charge in [-0.25, -0.2) is 9.78 Å². The molecule has 0 aliphatic rings. The largest absolute Gasteiger partial charge is 0.805 e. The van der Waals surface area contributed by atoms with Gasteiger partial charge in [-0.3, -0.25) is 0 Å². The van der Waals surface area contributed by atoms with Gasteiger partial charge in [-0.1, -0.05) is 6.58 Å². The third kappa shape index (κ3) is 3.30. The lowest BCUT2D eigenvalue weighted by molar-refractivity contribution is -0.315. The highest BCUT2D eigenvalue weighted by atomic mass is 28.4. The summed E-state index contributed by atoms with van der Waals surface area (Å²) in [6.45, 7) is 3.32. The molecule has 0 aromatic rings. The van der Waals surface area contributed by atoms with Gasteiger partial charge in [0.15, 0.2) is 0 Å². The molecule has 0 unspecified atom stereocenters. The summed E-state index contributed by atoms with van der Waals surface area (Å²) in [6, 6.07) is 0. The minimum Gasteiger partial charge on any atom is -0.485 e. The van der Waals surface area contributed by atoms with E-state index in [4.69, 9.17) is 8.85 Å². The molecule has 0 atom stereocenters. The fraction of sp³-hybridized carbons (Fsp3) is 0.600. The molecular formula is C5H12O6Si. The summed E-state index contributed by atoms with van der Waals surface area (Å²) in [6.07, 6.45) is 1.12. The van der Waals surface area contributed by atoms with E-state index < -0.39 is 9.05 Å². The predicted octanol–water partition coefficient (Wildman–Crippen LogP) is 0.384. The van der Waals surface area contributed by atoms with Crippen LogP contribution in [0.3, 0.4) is 0 Å². The lowest BCUT2D eigenvalue weighted by Gasteiger charge is -2.20. The zero-order chi connectivity index (χ0) is 9.45. The highest BCUT2D eigenvalue weighted by molar-refractivity contribution is 6.53. The van der Waals surface area contributed by atoms with Crippen LogP contribution in [0, 0.1) is 0 Å². The molecule has 0 saturated heterocycles. The van der Waals surface area contributed by atoms with Crippen LogP contribution < -0.4 is 0 Å². The maximum atomic E-state index is 4.85. The average Bonchev–Trinajstić information content (AvgIpc) is 2.06. The summed E-state index contributed by atoms with van der Waals surface area (Å²) in [5.41, 5.74) is 0. The number of rotatable bonds is 7. The molecule has 0 amide bonds. The maximum absolute atomic E-state index is 4.85. The SMILES string of the molecule is C=CO[Si](OC)(OOC)OOC. The van der Waals surface area contributed by atoms with Crippen molar-refractivity contribution in [3.8, 4) is 0 Å². The molecule has 0 spiro atoms. The molecule has 0 bridgehead atoms. The topological polar surface area (TPSA) is 55.4 Å². The van der Waals surface area contributed by atoms with E-state index in [2.05, 4.69) is 25.5 Å². The Morgan fingerprint density at radius 3 is 1.83 bits per heavy atom. The molecule has 0 aliphatic carbocycles. The molecule has 0 aliphatic heterocycles. The first kappa shape index (κ1) is 11.6. The van der Waals surface area contributed by atoms with E-state index in [0.717, 1.165) is 6.26 Å². The first-order chi connectivity index (χ1) is 5.74. The van der Waals surface area contributed by atoms with Gasteiger partial charge >= 0.3 is 9.05 Å². The summed E-state index contributed by atoms with van der Waals surface area (Å²) in [5.74, 6) is 0. The van der Waals surface area contributed by atoms with Crippen molar-refractivity contribution in [3.63, 3.8) is 0 Å². The van der Waals surface area contributed by atoms with Crippen molar-refractivity contribution < 1.29 is 27.8 Å². The summed E-state index contributed by atoms with van der Waals surface area (Å²) in [5, 5.41) is 0. The van der Waals surface area contributed by atoms with Crippen LogP contribution in [0.2, 0.25) is 0 Å². The molecule has 72 valence electrons. The van der Waals surface area contributed by atoms with Crippen molar-refractivity contribution in [2.45, 2.75) is 0 Å². The van der Waals surface area contributed by atoms with Gasteiger partial charge in [-0.05, 0) is 0 Å². The van der Waals surface area contributed by atoms with E-state index >= 15 is 0 Å². The maximum Gasteiger partial charge on any atom is 0.805 e. The molecule has 0 saturated carbocycles. The van der Waals surface area contributed by atoms with E-state index in [1.807, 2.05) is 0 Å². The third-order valence-corrected chi connectivity index (χ3v) is 2.55. The second-order valence-electron chi connectivity index (χ2n) is 1.49. The van der Waals surface area contributed by atoms with E-state index in [0.29, 0.717) is 0 Å². The van der Waals surface area contributed by atoms with Crippen LogP contribution in [-0.2, 0) is 27.8 Å². The van der Waals surface area contributed by atoms with Crippen molar-refractivity contribution in [1.29, 1.82) is 0 Å². The fourth-order valence-corrected chi connectivity index (χ4v) is 1.43. The van der Waals surface area contributed by atoms with Gasteiger partial charge in [0.05, 0.1) is 20.5 Å². The molecule has 12 heavy (non-hydrogen) atoms. The van der Waals surface area contributed by atoms with Crippen molar-refractivity contribution in [1.82, 2.24) is 0 Å². The zero-order valence-electron chi connectivity index (χ0n) is 7.23. The second kappa shape index (κ2) is 6.12. The standard InChI is InChI=1S/C5H12O6Si/c1-5-9-12(8-4,10-6-2)11-7-3/h5H,1H2,2-4H3. The van der Waals surface area contributed by atoms with Crippen molar-refractivity contribution >= 4 is 9.05 Å². The molecular weight excluding hydrogens is 184 g/mol. The summed E-state index contributed by atoms with van der Waals surface area (Å²) in [7, 11) is 0.605. The minimum atomic E-state index is -3.33. The molecule has 6 nitrogen and oxygen atoms in total. The summed E-state index contributed by atoms with van der Waals surface area (Å²) < 4.78 is 18.9. The Bertz CT molecular complexity index is 123. The highest BCUT2D eigenvalue weighted by Crippen LogP contribution is 2.10. The van der Waals surface area contributed by atoms with Gasteiger partial charge in [0.25, 0.3) is 0 Å². The van der Waals surface area contributed by atoms with Gasteiger partial charge < -0.3 is 8.85 Å². The Balaban J connectivity index is 4.15. The van der Waals surface area contributed by atoms with E-state index in [9.17, 15) is 0 Å². The molecule has 0 radical (unpaired) electrons. The van der Waals surface area contributed by atoms with Gasteiger partial charge in [0.1, 0.15) is 0 Å². The Labute approximate surface area is 71.9 Å². The zero-order valence-corrected chi connectivity index (χ0v) is 8.23. The van der Waals surface area contributed by atoms with Crippen LogP contribution in [0.15, 0.2) is 12.8 Å². The molecule has 0 heterocycles. The molecule has 7 heteroatoms. The van der Waals surface area contributed by atoms with Crippen LogP contribution in [-0.4, -0.2) is 30.4 Å². The van der Waals surface area contributed by atoms with Gasteiger partial charge in [-0.2, -0.15) is 9.15 Å². The highest BCUT2D eigenvalue weighted by Gasteiger charge is 2.50. The molecule has 0 rings (SSSR count). The van der Waals surface area contributed by atoms with Crippen LogP contribution in [0.1, 0.15) is 0 Å². The Hall–Kier alpha value is -0.443. The molecule has 0 fully saturated rings. The third-order valence-electron chi connectivity index (χ3n) is 0.848. The first-order valence-electron chi connectivity index (χ1n) is 3.02. The molecule has 0 N–H and O–H groups in total. The minimum absolute atomic E-state index is 1.12. The average molecular weight is 196 g/mol. The Morgan fingerprint density at radius 1 is 1.08 bits per heavy atom. The van der Waals surface area contributed by atoms with Crippen LogP contribution in [0.5, 0.6) is 0 Å². The van der Waals surface area contributed by atoms with E-state index in [-0.39, 0.29) is 0 Å². The second-order valence-corrected chi connectivity index (χ2v) is 3.47. The molecule has 0 aromatic heterocycles. The number of hydrogen-bond donors (Lipinski definition) is 0. The fourth-order valence-electron chi connectivity index (χ4n) is 0.476. The lowest BCUT2D eigenvalue weighted by atomic mass is 11.2. The van der Waals surface area contributed by atoms with Gasteiger partial charge in [0, 0.05) is 7.11 Å². The normalized spacial score (nSPS) is 11.2. The smallest absolute Gasteiger partial charge is 0.485 e.